The van der Waals surface area contributed by atoms with E-state index >= 15 is 0 Å². The predicted molar refractivity (Wildman–Crippen MR) is 65.2 cm³/mol. The Morgan fingerprint density at radius 1 is 1.61 bits per heavy atom. The minimum Gasteiger partial charge on any atom is -0.395 e. The van der Waals surface area contributed by atoms with Crippen molar-refractivity contribution in [2.45, 2.75) is 32.1 Å². The van der Waals surface area contributed by atoms with Gasteiger partial charge in [-0.05, 0) is 19.3 Å². The van der Waals surface area contributed by atoms with Crippen LogP contribution in [0.1, 0.15) is 24.8 Å². The first kappa shape index (κ1) is 13.5. The molecule has 102 valence electrons. The molecule has 0 bridgehead atoms. The van der Waals surface area contributed by atoms with Gasteiger partial charge in [0.05, 0.1) is 12.6 Å². The maximum absolute atomic E-state index is 12.3. The second kappa shape index (κ2) is 4.99. The molecule has 1 fully saturated rings. The maximum atomic E-state index is 12.3. The van der Waals surface area contributed by atoms with Gasteiger partial charge in [0.15, 0.2) is 0 Å². The first-order valence-corrected chi connectivity index (χ1v) is 7.57. The third-order valence-electron chi connectivity index (χ3n) is 3.38. The number of hydrogen-bond acceptors (Lipinski definition) is 5. The van der Waals surface area contributed by atoms with E-state index in [2.05, 4.69) is 5.16 Å². The lowest BCUT2D eigenvalue weighted by Crippen LogP contribution is -2.40. The Morgan fingerprint density at radius 3 is 2.89 bits per heavy atom. The summed E-state index contributed by atoms with van der Waals surface area (Å²) in [5, 5.41) is 13.0. The molecule has 1 aliphatic heterocycles. The highest BCUT2D eigenvalue weighted by Crippen LogP contribution is 2.27. The topological polar surface area (TPSA) is 83.6 Å². The molecule has 0 spiro atoms. The molecule has 2 heterocycles. The number of sulfonamides is 1. The van der Waals surface area contributed by atoms with E-state index < -0.39 is 10.0 Å². The second-order valence-corrected chi connectivity index (χ2v) is 6.73. The van der Waals surface area contributed by atoms with Crippen molar-refractivity contribution < 1.29 is 18.0 Å². The number of aromatic nitrogens is 1. The predicted octanol–water partition coefficient (Wildman–Crippen LogP) is 0.516. The molecule has 1 saturated heterocycles. The van der Waals surface area contributed by atoms with Gasteiger partial charge in [0.2, 0.25) is 10.0 Å². The van der Waals surface area contributed by atoms with E-state index in [1.807, 2.05) is 6.92 Å². The van der Waals surface area contributed by atoms with Gasteiger partial charge in [-0.25, -0.2) is 8.42 Å². The SMILES string of the molecule is Cc1cc(CS(=O)(=O)N2CCC(C)C2CO)no1. The van der Waals surface area contributed by atoms with E-state index in [4.69, 9.17) is 4.52 Å². The molecular formula is C11H18N2O4S. The van der Waals surface area contributed by atoms with Crippen molar-refractivity contribution in [3.63, 3.8) is 0 Å². The molecular weight excluding hydrogens is 256 g/mol. The van der Waals surface area contributed by atoms with Gasteiger partial charge >= 0.3 is 0 Å². The molecule has 18 heavy (non-hydrogen) atoms. The van der Waals surface area contributed by atoms with Crippen LogP contribution >= 0.6 is 0 Å². The molecule has 1 aromatic heterocycles. The average molecular weight is 274 g/mol. The molecule has 1 aliphatic rings. The minimum absolute atomic E-state index is 0.141. The molecule has 0 radical (unpaired) electrons. The molecule has 1 aromatic rings. The molecule has 2 rings (SSSR count). The van der Waals surface area contributed by atoms with Crippen LogP contribution in [0.4, 0.5) is 0 Å². The van der Waals surface area contributed by atoms with Gasteiger partial charge in [0.25, 0.3) is 0 Å². The van der Waals surface area contributed by atoms with Crippen LogP contribution in [0.25, 0.3) is 0 Å². The molecule has 2 atom stereocenters. The van der Waals surface area contributed by atoms with Gasteiger partial charge in [0, 0.05) is 12.6 Å². The molecule has 6 nitrogen and oxygen atoms in total. The van der Waals surface area contributed by atoms with Crippen molar-refractivity contribution in [3.05, 3.63) is 17.5 Å². The van der Waals surface area contributed by atoms with Crippen LogP contribution in [0, 0.1) is 12.8 Å². The number of nitrogens with zero attached hydrogens (tertiary/aromatic N) is 2. The summed E-state index contributed by atoms with van der Waals surface area (Å²) in [6.07, 6.45) is 0.780. The lowest BCUT2D eigenvalue weighted by molar-refractivity contribution is 0.191. The number of aliphatic hydroxyl groups excluding tert-OH is 1. The van der Waals surface area contributed by atoms with Crippen LogP contribution in [0.2, 0.25) is 0 Å². The molecule has 1 N–H and O–H groups in total. The molecule has 7 heteroatoms. The summed E-state index contributed by atoms with van der Waals surface area (Å²) in [7, 11) is -3.44. The quantitative estimate of drug-likeness (QED) is 0.865. The van der Waals surface area contributed by atoms with E-state index in [-0.39, 0.29) is 24.3 Å². The Balaban J connectivity index is 2.16. The van der Waals surface area contributed by atoms with Crippen LogP contribution in [-0.4, -0.2) is 42.2 Å². The Labute approximate surface area is 107 Å². The second-order valence-electron chi connectivity index (χ2n) is 4.81. The highest BCUT2D eigenvalue weighted by Gasteiger charge is 2.38. The van der Waals surface area contributed by atoms with Crippen molar-refractivity contribution in [2.24, 2.45) is 5.92 Å². The number of aliphatic hydroxyl groups is 1. The van der Waals surface area contributed by atoms with Crippen molar-refractivity contribution in [3.8, 4) is 0 Å². The first-order chi connectivity index (χ1) is 8.44. The van der Waals surface area contributed by atoms with Gasteiger partial charge in [0.1, 0.15) is 17.2 Å². The van der Waals surface area contributed by atoms with Crippen LogP contribution in [0.15, 0.2) is 10.6 Å². The number of hydrogen-bond donors (Lipinski definition) is 1. The van der Waals surface area contributed by atoms with Crippen LogP contribution < -0.4 is 0 Å². The highest BCUT2D eigenvalue weighted by molar-refractivity contribution is 7.88. The summed E-state index contributed by atoms with van der Waals surface area (Å²) in [5.74, 6) is 0.602. The summed E-state index contributed by atoms with van der Waals surface area (Å²) >= 11 is 0. The Morgan fingerprint density at radius 2 is 2.33 bits per heavy atom. The Bertz CT molecular complexity index is 511. The fraction of sp³-hybridized carbons (Fsp3) is 0.727. The van der Waals surface area contributed by atoms with Gasteiger partial charge in [-0.15, -0.1) is 0 Å². The summed E-state index contributed by atoms with van der Waals surface area (Å²) in [5.41, 5.74) is 0.406. The summed E-state index contributed by atoms with van der Waals surface area (Å²) in [6.45, 7) is 4.00. The van der Waals surface area contributed by atoms with E-state index in [0.29, 0.717) is 18.0 Å². The Hall–Kier alpha value is -0.920. The Kier molecular flexibility index (Phi) is 3.74. The van der Waals surface area contributed by atoms with Gasteiger partial charge in [-0.3, -0.25) is 0 Å². The monoisotopic (exact) mass is 274 g/mol. The van der Waals surface area contributed by atoms with Gasteiger partial charge in [-0.1, -0.05) is 12.1 Å². The summed E-state index contributed by atoms with van der Waals surface area (Å²) < 4.78 is 30.8. The van der Waals surface area contributed by atoms with Crippen molar-refractivity contribution >= 4 is 10.0 Å². The third-order valence-corrected chi connectivity index (χ3v) is 5.21. The summed E-state index contributed by atoms with van der Waals surface area (Å²) in [4.78, 5) is 0. The van der Waals surface area contributed by atoms with Crippen LogP contribution in [0.3, 0.4) is 0 Å². The molecule has 0 amide bonds. The van der Waals surface area contributed by atoms with Gasteiger partial charge < -0.3 is 9.63 Å². The fourth-order valence-electron chi connectivity index (χ4n) is 2.35. The maximum Gasteiger partial charge on any atom is 0.220 e. The number of rotatable bonds is 4. The van der Waals surface area contributed by atoms with Crippen LogP contribution in [0.5, 0.6) is 0 Å². The van der Waals surface area contributed by atoms with Crippen molar-refractivity contribution in [1.82, 2.24) is 9.46 Å². The highest BCUT2D eigenvalue weighted by atomic mass is 32.2. The minimum atomic E-state index is -3.44. The summed E-state index contributed by atoms with van der Waals surface area (Å²) in [6, 6.07) is 1.30. The average Bonchev–Trinajstić information content (AvgIpc) is 2.84. The van der Waals surface area contributed by atoms with E-state index in [9.17, 15) is 13.5 Å². The van der Waals surface area contributed by atoms with E-state index in [1.54, 1.807) is 13.0 Å². The lowest BCUT2D eigenvalue weighted by Gasteiger charge is -2.24. The molecule has 0 aliphatic carbocycles. The zero-order valence-electron chi connectivity index (χ0n) is 10.5. The van der Waals surface area contributed by atoms with Crippen molar-refractivity contribution in [1.29, 1.82) is 0 Å². The van der Waals surface area contributed by atoms with Crippen molar-refractivity contribution in [2.75, 3.05) is 13.2 Å². The molecule has 2 unspecified atom stereocenters. The van der Waals surface area contributed by atoms with Gasteiger partial charge in [-0.2, -0.15) is 4.31 Å². The smallest absolute Gasteiger partial charge is 0.220 e. The third kappa shape index (κ3) is 2.57. The van der Waals surface area contributed by atoms with E-state index in [1.165, 1.54) is 4.31 Å². The van der Waals surface area contributed by atoms with Crippen LogP contribution in [-0.2, 0) is 15.8 Å². The largest absolute Gasteiger partial charge is 0.395 e. The number of aryl methyl sites for hydroxylation is 1. The zero-order chi connectivity index (χ0) is 13.3. The standard InChI is InChI=1S/C11H18N2O4S/c1-8-3-4-13(11(8)6-14)18(15,16)7-10-5-9(2)17-12-10/h5,8,11,14H,3-4,6-7H2,1-2H3. The first-order valence-electron chi connectivity index (χ1n) is 5.96. The normalized spacial score (nSPS) is 25.7. The molecule has 0 saturated carbocycles. The molecule has 0 aromatic carbocycles. The van der Waals surface area contributed by atoms with E-state index in [0.717, 1.165) is 6.42 Å². The fourth-order valence-corrected chi connectivity index (χ4v) is 4.09. The zero-order valence-corrected chi connectivity index (χ0v) is 11.4. The lowest BCUT2D eigenvalue weighted by atomic mass is 10.0.